The zero-order valence-electron chi connectivity index (χ0n) is 15.1. The van der Waals surface area contributed by atoms with Crippen LogP contribution in [0.15, 0.2) is 40.7 Å². The number of anilines is 3. The summed E-state index contributed by atoms with van der Waals surface area (Å²) in [5.41, 5.74) is 19.6. The van der Waals surface area contributed by atoms with Crippen LogP contribution in [-0.4, -0.2) is 39.1 Å². The molecule has 4 rings (SSSR count). The molecule has 1 saturated heterocycles. The van der Waals surface area contributed by atoms with Crippen molar-refractivity contribution in [2.45, 2.75) is 41.8 Å². The van der Waals surface area contributed by atoms with Gasteiger partial charge in [-0.15, -0.1) is 0 Å². The van der Waals surface area contributed by atoms with Crippen molar-refractivity contribution in [2.75, 3.05) is 29.5 Å². The molecule has 9 heteroatoms. The second-order valence-corrected chi connectivity index (χ2v) is 8.27. The summed E-state index contributed by atoms with van der Waals surface area (Å²) in [6.45, 7) is 5.94. The molecule has 2 aromatic rings. The third kappa shape index (κ3) is 3.44. The Morgan fingerprint density at radius 1 is 1.15 bits per heavy atom. The molecule has 0 bridgehead atoms. The Kier molecular flexibility index (Phi) is 4.65. The van der Waals surface area contributed by atoms with E-state index in [-0.39, 0.29) is 17.4 Å². The molecule has 0 amide bonds. The zero-order chi connectivity index (χ0) is 19.0. The second-order valence-electron chi connectivity index (χ2n) is 7.26. The molecule has 1 spiro atoms. The van der Waals surface area contributed by atoms with Gasteiger partial charge in [0.05, 0.1) is 6.20 Å². The fourth-order valence-corrected chi connectivity index (χ4v) is 4.74. The summed E-state index contributed by atoms with van der Waals surface area (Å²) < 4.78 is 0. The van der Waals surface area contributed by atoms with Crippen molar-refractivity contribution in [2.24, 2.45) is 11.1 Å². The van der Waals surface area contributed by atoms with Crippen molar-refractivity contribution in [3.05, 3.63) is 30.6 Å². The Morgan fingerprint density at radius 3 is 2.56 bits per heavy atom. The number of hydrogen-bond donors (Lipinski definition) is 3. The Balaban J connectivity index is 1.45. The van der Waals surface area contributed by atoms with E-state index in [2.05, 4.69) is 31.4 Å². The van der Waals surface area contributed by atoms with Crippen molar-refractivity contribution in [3.8, 4) is 0 Å². The van der Waals surface area contributed by atoms with Gasteiger partial charge < -0.3 is 22.1 Å². The van der Waals surface area contributed by atoms with Crippen LogP contribution in [0.2, 0.25) is 0 Å². The molecule has 6 N–H and O–H groups in total. The van der Waals surface area contributed by atoms with Crippen LogP contribution in [0.3, 0.4) is 0 Å². The molecule has 2 aromatic heterocycles. The van der Waals surface area contributed by atoms with E-state index in [1.54, 1.807) is 18.5 Å². The largest absolute Gasteiger partial charge is 0.381 e. The van der Waals surface area contributed by atoms with Gasteiger partial charge in [0.2, 0.25) is 5.95 Å². The van der Waals surface area contributed by atoms with Gasteiger partial charge in [-0.05, 0) is 48.9 Å². The van der Waals surface area contributed by atoms with E-state index in [9.17, 15) is 0 Å². The number of nitrogens with zero attached hydrogens (tertiary/aromatic N) is 5. The third-order valence-corrected chi connectivity index (χ3v) is 6.67. The van der Waals surface area contributed by atoms with E-state index in [1.807, 2.05) is 0 Å². The quantitative estimate of drug-likeness (QED) is 0.535. The average molecular weight is 385 g/mol. The van der Waals surface area contributed by atoms with Crippen molar-refractivity contribution < 1.29 is 0 Å². The van der Waals surface area contributed by atoms with Crippen LogP contribution in [-0.2, 0) is 0 Å². The highest BCUT2D eigenvalue weighted by molar-refractivity contribution is 7.99. The number of nitrogens with two attached hydrogens (primary N) is 3. The van der Waals surface area contributed by atoms with Crippen LogP contribution in [0.4, 0.5) is 17.6 Å². The highest BCUT2D eigenvalue weighted by Crippen LogP contribution is 2.47. The minimum Gasteiger partial charge on any atom is -0.381 e. The molecule has 3 heterocycles. The molecular weight excluding hydrogens is 360 g/mol. The van der Waals surface area contributed by atoms with E-state index >= 15 is 0 Å². The zero-order valence-corrected chi connectivity index (χ0v) is 16.0. The maximum absolute atomic E-state index is 6.41. The molecule has 1 aliphatic heterocycles. The summed E-state index contributed by atoms with van der Waals surface area (Å²) in [5, 5.41) is 1.30. The topological polar surface area (TPSA) is 133 Å². The SMILES string of the molecule is C=C1CCC2(CCN(c3cnc(Sc4ccnc(N)n4)c(N)n3)CC2)[C@@H]1N. The van der Waals surface area contributed by atoms with E-state index in [4.69, 9.17) is 17.2 Å². The average Bonchev–Trinajstić information content (AvgIpc) is 2.93. The maximum atomic E-state index is 6.41. The maximum Gasteiger partial charge on any atom is 0.221 e. The first-order valence-corrected chi connectivity index (χ1v) is 9.86. The number of aromatic nitrogens is 4. The lowest BCUT2D eigenvalue weighted by molar-refractivity contribution is 0.205. The molecule has 8 nitrogen and oxygen atoms in total. The lowest BCUT2D eigenvalue weighted by Gasteiger charge is -2.42. The normalized spacial score (nSPS) is 21.7. The van der Waals surface area contributed by atoms with Gasteiger partial charge in [-0.3, -0.25) is 0 Å². The molecule has 1 saturated carbocycles. The summed E-state index contributed by atoms with van der Waals surface area (Å²) in [4.78, 5) is 19.3. The molecule has 2 fully saturated rings. The second kappa shape index (κ2) is 6.97. The van der Waals surface area contributed by atoms with Gasteiger partial charge in [0.15, 0.2) is 5.82 Å². The van der Waals surface area contributed by atoms with Crippen molar-refractivity contribution in [3.63, 3.8) is 0 Å². The molecule has 27 heavy (non-hydrogen) atoms. The van der Waals surface area contributed by atoms with Crippen molar-refractivity contribution in [1.82, 2.24) is 19.9 Å². The van der Waals surface area contributed by atoms with E-state index < -0.39 is 0 Å². The first kappa shape index (κ1) is 18.0. The molecule has 1 atom stereocenters. The van der Waals surface area contributed by atoms with Crippen LogP contribution in [0.1, 0.15) is 25.7 Å². The van der Waals surface area contributed by atoms with E-state index in [0.29, 0.717) is 15.9 Å². The summed E-state index contributed by atoms with van der Waals surface area (Å²) in [5.74, 6) is 1.42. The van der Waals surface area contributed by atoms with Crippen LogP contribution >= 0.6 is 11.8 Å². The summed E-state index contributed by atoms with van der Waals surface area (Å²) in [6, 6.07) is 1.88. The van der Waals surface area contributed by atoms with Gasteiger partial charge >= 0.3 is 0 Å². The predicted molar refractivity (Wildman–Crippen MR) is 107 cm³/mol. The number of nitrogen functional groups attached to an aromatic ring is 2. The van der Waals surface area contributed by atoms with Crippen LogP contribution in [0.5, 0.6) is 0 Å². The molecule has 1 aliphatic carbocycles. The fraction of sp³-hybridized carbons (Fsp3) is 0.444. The molecule has 2 aliphatic rings. The summed E-state index contributed by atoms with van der Waals surface area (Å²) in [6.07, 6.45) is 7.67. The first-order valence-electron chi connectivity index (χ1n) is 9.04. The first-order chi connectivity index (χ1) is 13.0. The van der Waals surface area contributed by atoms with Gasteiger partial charge in [-0.2, -0.15) is 0 Å². The van der Waals surface area contributed by atoms with Crippen molar-refractivity contribution in [1.29, 1.82) is 0 Å². The van der Waals surface area contributed by atoms with Gasteiger partial charge in [-0.1, -0.05) is 12.2 Å². The van der Waals surface area contributed by atoms with E-state index in [0.717, 1.165) is 44.6 Å². The monoisotopic (exact) mass is 384 g/mol. The van der Waals surface area contributed by atoms with Crippen LogP contribution in [0.25, 0.3) is 0 Å². The smallest absolute Gasteiger partial charge is 0.221 e. The lowest BCUT2D eigenvalue weighted by Crippen LogP contribution is -2.47. The Hall–Kier alpha value is -2.39. The minimum atomic E-state index is 0.120. The standard InChI is InChI=1S/C18H24N8S/c1-11-2-4-18(14(11)19)5-8-26(9-6-18)12-10-23-16(15(20)24-12)27-13-3-7-22-17(21)25-13/h3,7,10,14H,1-2,4-6,8-9,19H2,(H2,20,24)(H2,21,22,25)/t14-/m1/s1. The highest BCUT2D eigenvalue weighted by Gasteiger charge is 2.44. The van der Waals surface area contributed by atoms with Crippen LogP contribution < -0.4 is 22.1 Å². The number of hydrogen-bond acceptors (Lipinski definition) is 9. The fourth-order valence-electron chi connectivity index (χ4n) is 4.02. The van der Waals surface area contributed by atoms with Crippen molar-refractivity contribution >= 4 is 29.3 Å². The van der Waals surface area contributed by atoms with Crippen LogP contribution in [0, 0.1) is 5.41 Å². The molecule has 142 valence electrons. The Labute approximate surface area is 162 Å². The third-order valence-electron chi connectivity index (χ3n) is 5.73. The number of rotatable bonds is 3. The summed E-state index contributed by atoms with van der Waals surface area (Å²) in [7, 11) is 0. The summed E-state index contributed by atoms with van der Waals surface area (Å²) >= 11 is 1.33. The van der Waals surface area contributed by atoms with Gasteiger partial charge in [0.1, 0.15) is 15.9 Å². The lowest BCUT2D eigenvalue weighted by atomic mass is 9.74. The molecular formula is C18H24N8S. The Morgan fingerprint density at radius 2 is 1.93 bits per heavy atom. The predicted octanol–water partition coefficient (Wildman–Crippen LogP) is 1.85. The molecule has 0 unspecified atom stereocenters. The molecule has 0 radical (unpaired) electrons. The minimum absolute atomic E-state index is 0.120. The Bertz CT molecular complexity index is 862. The van der Waals surface area contributed by atoms with Gasteiger partial charge in [0, 0.05) is 25.3 Å². The van der Waals surface area contributed by atoms with Gasteiger partial charge in [0.25, 0.3) is 0 Å². The number of piperidine rings is 1. The van der Waals surface area contributed by atoms with Gasteiger partial charge in [-0.25, -0.2) is 19.9 Å². The van der Waals surface area contributed by atoms with E-state index in [1.165, 1.54) is 17.3 Å². The molecule has 0 aromatic carbocycles. The highest BCUT2D eigenvalue weighted by atomic mass is 32.2.